The van der Waals surface area contributed by atoms with Crippen LogP contribution in [0.3, 0.4) is 0 Å². The van der Waals surface area contributed by atoms with E-state index in [1.807, 2.05) is 31.2 Å². The second-order valence-electron chi connectivity index (χ2n) is 6.09. The molecule has 3 N–H and O–H groups in total. The summed E-state index contributed by atoms with van der Waals surface area (Å²) >= 11 is 0. The average molecular weight is 516 g/mol. The maximum Gasteiger partial charge on any atom is 0.239 e. The number of furan rings is 1. The SMILES string of the molecule is CN=C(NCC(=O)NCc1ccco1)NCc1ccc(C)cc1OCCOC.I. The Hall–Kier alpha value is -2.27. The van der Waals surface area contributed by atoms with Gasteiger partial charge in [0.05, 0.1) is 26.0 Å². The lowest BCUT2D eigenvalue weighted by Crippen LogP contribution is -2.42. The molecule has 29 heavy (non-hydrogen) atoms. The van der Waals surface area contributed by atoms with Crippen LogP contribution in [0.1, 0.15) is 16.9 Å². The van der Waals surface area contributed by atoms with Crippen LogP contribution in [0, 0.1) is 6.92 Å². The molecule has 0 radical (unpaired) electrons. The van der Waals surface area contributed by atoms with E-state index in [4.69, 9.17) is 13.9 Å². The molecule has 0 aliphatic heterocycles. The number of benzene rings is 1. The van der Waals surface area contributed by atoms with Gasteiger partial charge in [-0.3, -0.25) is 9.79 Å². The average Bonchev–Trinajstić information content (AvgIpc) is 3.21. The molecule has 1 aromatic heterocycles. The minimum atomic E-state index is -0.154. The number of hydrogen-bond donors (Lipinski definition) is 3. The van der Waals surface area contributed by atoms with Gasteiger partial charge >= 0.3 is 0 Å². The van der Waals surface area contributed by atoms with Crippen LogP contribution in [-0.2, 0) is 22.6 Å². The Morgan fingerprint density at radius 1 is 1.14 bits per heavy atom. The Morgan fingerprint density at radius 3 is 2.66 bits per heavy atom. The van der Waals surface area contributed by atoms with Gasteiger partial charge in [0.1, 0.15) is 18.1 Å². The number of ether oxygens (including phenoxy) is 2. The van der Waals surface area contributed by atoms with Crippen molar-refractivity contribution in [1.82, 2.24) is 16.0 Å². The first kappa shape index (κ1) is 24.8. The predicted molar refractivity (Wildman–Crippen MR) is 123 cm³/mol. The van der Waals surface area contributed by atoms with Crippen molar-refractivity contribution in [2.24, 2.45) is 4.99 Å². The van der Waals surface area contributed by atoms with Crippen LogP contribution < -0.4 is 20.7 Å². The van der Waals surface area contributed by atoms with E-state index in [1.54, 1.807) is 26.5 Å². The molecule has 1 amide bonds. The summed E-state index contributed by atoms with van der Waals surface area (Å²) < 4.78 is 16.0. The van der Waals surface area contributed by atoms with Crippen molar-refractivity contribution in [2.45, 2.75) is 20.0 Å². The van der Waals surface area contributed by atoms with Gasteiger partial charge in [-0.2, -0.15) is 0 Å². The molecule has 0 bridgehead atoms. The maximum atomic E-state index is 11.9. The van der Waals surface area contributed by atoms with Crippen molar-refractivity contribution in [2.75, 3.05) is 33.9 Å². The zero-order chi connectivity index (χ0) is 20.2. The number of halogens is 1. The number of nitrogens with zero attached hydrogens (tertiary/aromatic N) is 1. The second kappa shape index (κ2) is 13.8. The van der Waals surface area contributed by atoms with E-state index in [9.17, 15) is 4.79 Å². The number of aliphatic imine (C=N–C) groups is 1. The highest BCUT2D eigenvalue weighted by atomic mass is 127. The van der Waals surface area contributed by atoms with Crippen LogP contribution in [0.25, 0.3) is 0 Å². The monoisotopic (exact) mass is 516 g/mol. The number of carbonyl (C=O) groups is 1. The molecule has 0 aliphatic rings. The van der Waals surface area contributed by atoms with Crippen molar-refractivity contribution < 1.29 is 18.7 Å². The molecule has 0 aliphatic carbocycles. The third kappa shape index (κ3) is 9.18. The molecule has 0 fully saturated rings. The molecule has 2 aromatic rings. The normalized spacial score (nSPS) is 10.8. The van der Waals surface area contributed by atoms with E-state index in [-0.39, 0.29) is 36.4 Å². The number of amides is 1. The fourth-order valence-corrected chi connectivity index (χ4v) is 2.40. The topological polar surface area (TPSA) is 97.1 Å². The zero-order valence-electron chi connectivity index (χ0n) is 17.0. The summed E-state index contributed by atoms with van der Waals surface area (Å²) in [4.78, 5) is 16.1. The number of hydrogen-bond acceptors (Lipinski definition) is 5. The van der Waals surface area contributed by atoms with Gasteiger partial charge < -0.3 is 29.8 Å². The summed E-state index contributed by atoms with van der Waals surface area (Å²) in [6.45, 7) is 3.99. The molecule has 9 heteroatoms. The number of methoxy groups -OCH3 is 1. The molecule has 8 nitrogen and oxygen atoms in total. The molecule has 0 spiro atoms. The molecule has 160 valence electrons. The number of guanidine groups is 1. The third-order valence-electron chi connectivity index (χ3n) is 3.89. The molecule has 1 heterocycles. The maximum absolute atomic E-state index is 11.9. The Bertz CT molecular complexity index is 766. The van der Waals surface area contributed by atoms with E-state index < -0.39 is 0 Å². The van der Waals surface area contributed by atoms with Gasteiger partial charge in [0, 0.05) is 26.3 Å². The molecule has 0 saturated carbocycles. The number of carbonyl (C=O) groups excluding carboxylic acids is 1. The standard InChI is InChI=1S/C20H28N4O4.HI/c1-15-6-7-16(18(11-15)28-10-9-26-3)12-23-20(21-2)24-14-19(25)22-13-17-5-4-8-27-17;/h4-8,11H,9-10,12-14H2,1-3H3,(H,22,25)(H2,21,23,24);1H. The smallest absolute Gasteiger partial charge is 0.239 e. The summed E-state index contributed by atoms with van der Waals surface area (Å²) in [5.41, 5.74) is 2.11. The van der Waals surface area contributed by atoms with Crippen molar-refractivity contribution in [3.63, 3.8) is 0 Å². The van der Waals surface area contributed by atoms with Crippen LogP contribution in [0.15, 0.2) is 46.0 Å². The minimum absolute atomic E-state index is 0. The highest BCUT2D eigenvalue weighted by Gasteiger charge is 2.08. The van der Waals surface area contributed by atoms with E-state index in [0.29, 0.717) is 38.0 Å². The van der Waals surface area contributed by atoms with Crippen LogP contribution in [0.4, 0.5) is 0 Å². The van der Waals surface area contributed by atoms with E-state index in [0.717, 1.165) is 16.9 Å². The van der Waals surface area contributed by atoms with Crippen LogP contribution in [0.5, 0.6) is 5.75 Å². The second-order valence-corrected chi connectivity index (χ2v) is 6.09. The first-order chi connectivity index (χ1) is 13.6. The first-order valence-electron chi connectivity index (χ1n) is 9.07. The fraction of sp³-hybridized carbons (Fsp3) is 0.400. The van der Waals surface area contributed by atoms with E-state index in [1.165, 1.54) is 0 Å². The predicted octanol–water partition coefficient (Wildman–Crippen LogP) is 2.21. The molecule has 1 aromatic carbocycles. The summed E-state index contributed by atoms with van der Waals surface area (Å²) in [5, 5.41) is 8.95. The van der Waals surface area contributed by atoms with Crippen molar-refractivity contribution in [3.05, 3.63) is 53.5 Å². The van der Waals surface area contributed by atoms with Gasteiger partial charge in [-0.15, -0.1) is 24.0 Å². The van der Waals surface area contributed by atoms with Gasteiger partial charge in [0.25, 0.3) is 0 Å². The highest BCUT2D eigenvalue weighted by Crippen LogP contribution is 2.20. The van der Waals surface area contributed by atoms with E-state index >= 15 is 0 Å². The molecular formula is C20H29IN4O4. The van der Waals surface area contributed by atoms with Gasteiger partial charge in [-0.05, 0) is 30.7 Å². The number of rotatable bonds is 10. The lowest BCUT2D eigenvalue weighted by atomic mass is 10.1. The molecule has 2 rings (SSSR count). The van der Waals surface area contributed by atoms with Crippen molar-refractivity contribution >= 4 is 35.8 Å². The Labute approximate surface area is 188 Å². The molecular weight excluding hydrogens is 487 g/mol. The quantitative estimate of drug-likeness (QED) is 0.194. The third-order valence-corrected chi connectivity index (χ3v) is 3.89. The molecule has 0 unspecified atom stereocenters. The summed E-state index contributed by atoms with van der Waals surface area (Å²) in [6, 6.07) is 9.61. The Kier molecular flexibility index (Phi) is 11.8. The molecule has 0 saturated heterocycles. The molecule has 0 atom stereocenters. The van der Waals surface area contributed by atoms with Crippen LogP contribution in [0.2, 0.25) is 0 Å². The summed E-state index contributed by atoms with van der Waals surface area (Å²) in [5.74, 6) is 1.88. The Morgan fingerprint density at radius 2 is 1.97 bits per heavy atom. The van der Waals surface area contributed by atoms with E-state index in [2.05, 4.69) is 20.9 Å². The summed E-state index contributed by atoms with van der Waals surface area (Å²) in [6.07, 6.45) is 1.57. The fourth-order valence-electron chi connectivity index (χ4n) is 2.40. The van der Waals surface area contributed by atoms with Gasteiger partial charge in [0.2, 0.25) is 5.91 Å². The minimum Gasteiger partial charge on any atom is -0.491 e. The lowest BCUT2D eigenvalue weighted by Gasteiger charge is -2.15. The van der Waals surface area contributed by atoms with Gasteiger partial charge in [0.15, 0.2) is 5.96 Å². The van der Waals surface area contributed by atoms with Crippen molar-refractivity contribution in [1.29, 1.82) is 0 Å². The van der Waals surface area contributed by atoms with Crippen molar-refractivity contribution in [3.8, 4) is 5.75 Å². The number of aryl methyl sites for hydroxylation is 1. The van der Waals surface area contributed by atoms with Gasteiger partial charge in [-0.1, -0.05) is 12.1 Å². The summed E-state index contributed by atoms with van der Waals surface area (Å²) in [7, 11) is 3.30. The van der Waals surface area contributed by atoms with Gasteiger partial charge in [-0.25, -0.2) is 0 Å². The highest BCUT2D eigenvalue weighted by molar-refractivity contribution is 14.0. The zero-order valence-corrected chi connectivity index (χ0v) is 19.3. The van der Waals surface area contributed by atoms with Crippen LogP contribution >= 0.6 is 24.0 Å². The van der Waals surface area contributed by atoms with Crippen LogP contribution in [-0.4, -0.2) is 45.8 Å². The lowest BCUT2D eigenvalue weighted by molar-refractivity contribution is -0.120. The number of nitrogens with one attached hydrogen (secondary N) is 3. The Balaban J connectivity index is 0.00000420. The first-order valence-corrected chi connectivity index (χ1v) is 9.07. The largest absolute Gasteiger partial charge is 0.491 e.